The Bertz CT molecular complexity index is 1060. The van der Waals surface area contributed by atoms with Crippen LogP contribution in [0.4, 0.5) is 18.9 Å². The third-order valence-corrected chi connectivity index (χ3v) is 5.45. The van der Waals surface area contributed by atoms with Gasteiger partial charge in [-0.3, -0.25) is 4.72 Å². The van der Waals surface area contributed by atoms with Gasteiger partial charge in [-0.2, -0.15) is 13.2 Å². The second kappa shape index (κ2) is 5.92. The van der Waals surface area contributed by atoms with E-state index in [2.05, 4.69) is 14.7 Å². The molecule has 1 aromatic heterocycles. The summed E-state index contributed by atoms with van der Waals surface area (Å²) in [6.45, 7) is 1.56. The lowest BCUT2D eigenvalue weighted by molar-refractivity contribution is -0.144. The molecule has 0 radical (unpaired) electrons. The number of anilines is 1. The molecular weight excluding hydrogens is 379 g/mol. The average Bonchev–Trinajstić information content (AvgIpc) is 2.93. The fourth-order valence-corrected chi connectivity index (χ4v) is 3.84. The zero-order valence-electron chi connectivity index (χ0n) is 12.6. The Hall–Kier alpha value is -2.26. The lowest BCUT2D eigenvalue weighted by atomic mass is 10.2. The number of rotatable bonds is 3. The van der Waals surface area contributed by atoms with Gasteiger partial charge in [0.15, 0.2) is 0 Å². The molecule has 0 saturated heterocycles. The Morgan fingerprint density at radius 3 is 2.60 bits per heavy atom. The van der Waals surface area contributed by atoms with Gasteiger partial charge in [-0.1, -0.05) is 17.7 Å². The average molecular weight is 390 g/mol. The Labute approximate surface area is 145 Å². The smallest absolute Gasteiger partial charge is 0.334 e. The monoisotopic (exact) mass is 389 g/mol. The number of benzene rings is 2. The Kier molecular flexibility index (Phi) is 4.16. The molecule has 0 saturated carbocycles. The molecule has 2 N–H and O–H groups in total. The summed E-state index contributed by atoms with van der Waals surface area (Å²) in [6.07, 6.45) is -4.61. The molecule has 3 rings (SSSR count). The summed E-state index contributed by atoms with van der Waals surface area (Å²) in [5.74, 6) is -1.15. The molecule has 0 fully saturated rings. The standard InChI is InChI=1S/C15H11ClF3N3O2S/c1-8-10(16)3-2-4-13(8)25(23,24)22-9-5-6-11-12(7-9)21-14(20-11)15(17,18)19/h2-7,22H,1H3,(H,20,21). The van der Waals surface area contributed by atoms with Crippen molar-refractivity contribution < 1.29 is 21.6 Å². The van der Waals surface area contributed by atoms with Gasteiger partial charge in [0.2, 0.25) is 5.82 Å². The third kappa shape index (κ3) is 3.42. The first-order chi connectivity index (χ1) is 11.6. The van der Waals surface area contributed by atoms with Crippen LogP contribution in [0, 0.1) is 6.92 Å². The van der Waals surface area contributed by atoms with Gasteiger partial charge < -0.3 is 4.98 Å². The maximum absolute atomic E-state index is 12.7. The lowest BCUT2D eigenvalue weighted by Gasteiger charge is -2.11. The van der Waals surface area contributed by atoms with Crippen LogP contribution in [-0.4, -0.2) is 18.4 Å². The van der Waals surface area contributed by atoms with E-state index in [9.17, 15) is 21.6 Å². The number of nitrogens with one attached hydrogen (secondary N) is 2. The van der Waals surface area contributed by atoms with Crippen LogP contribution in [0.5, 0.6) is 0 Å². The van der Waals surface area contributed by atoms with E-state index in [-0.39, 0.29) is 21.6 Å². The third-order valence-electron chi connectivity index (χ3n) is 3.51. The van der Waals surface area contributed by atoms with Crippen molar-refractivity contribution >= 4 is 38.3 Å². The van der Waals surface area contributed by atoms with Gasteiger partial charge in [-0.15, -0.1) is 0 Å². The Morgan fingerprint density at radius 1 is 1.20 bits per heavy atom. The predicted molar refractivity (Wildman–Crippen MR) is 88.1 cm³/mol. The van der Waals surface area contributed by atoms with E-state index in [4.69, 9.17) is 11.6 Å². The van der Waals surface area contributed by atoms with E-state index < -0.39 is 22.0 Å². The molecular formula is C15H11ClF3N3O2S. The first-order valence-corrected chi connectivity index (χ1v) is 8.79. The normalized spacial score (nSPS) is 12.5. The minimum atomic E-state index is -4.61. The number of alkyl halides is 3. The minimum absolute atomic E-state index is 0.00431. The van der Waals surface area contributed by atoms with E-state index in [0.717, 1.165) is 0 Å². The van der Waals surface area contributed by atoms with E-state index >= 15 is 0 Å². The summed E-state index contributed by atoms with van der Waals surface area (Å²) in [5, 5.41) is 0.292. The van der Waals surface area contributed by atoms with Gasteiger partial charge >= 0.3 is 6.18 Å². The van der Waals surface area contributed by atoms with Crippen LogP contribution in [-0.2, 0) is 16.2 Å². The van der Waals surface area contributed by atoms with Crippen LogP contribution in [0.1, 0.15) is 11.4 Å². The first kappa shape index (κ1) is 17.6. The molecule has 0 spiro atoms. The fraction of sp³-hybridized carbons (Fsp3) is 0.133. The van der Waals surface area contributed by atoms with E-state index in [1.54, 1.807) is 13.0 Å². The summed E-state index contributed by atoms with van der Waals surface area (Å²) in [4.78, 5) is 5.57. The Balaban J connectivity index is 1.98. The van der Waals surface area contributed by atoms with Gasteiger partial charge in [0, 0.05) is 5.02 Å². The van der Waals surface area contributed by atoms with Crippen LogP contribution < -0.4 is 4.72 Å². The molecule has 0 bridgehead atoms. The summed E-state index contributed by atoms with van der Waals surface area (Å²) >= 11 is 5.93. The second-order valence-electron chi connectivity index (χ2n) is 5.28. The van der Waals surface area contributed by atoms with E-state index in [1.165, 1.54) is 30.3 Å². The molecule has 0 aliphatic carbocycles. The number of hydrogen-bond donors (Lipinski definition) is 2. The molecule has 5 nitrogen and oxygen atoms in total. The number of hydrogen-bond acceptors (Lipinski definition) is 3. The lowest BCUT2D eigenvalue weighted by Crippen LogP contribution is -2.14. The largest absolute Gasteiger partial charge is 0.449 e. The number of aromatic amines is 1. The number of halogens is 4. The zero-order valence-corrected chi connectivity index (χ0v) is 14.2. The van der Waals surface area contributed by atoms with Crippen LogP contribution in [0.15, 0.2) is 41.3 Å². The highest BCUT2D eigenvalue weighted by molar-refractivity contribution is 7.92. The highest BCUT2D eigenvalue weighted by Gasteiger charge is 2.34. The van der Waals surface area contributed by atoms with Crippen molar-refractivity contribution in [2.24, 2.45) is 0 Å². The molecule has 10 heteroatoms. The number of sulfonamides is 1. The van der Waals surface area contributed by atoms with Crippen molar-refractivity contribution in [2.45, 2.75) is 18.0 Å². The maximum Gasteiger partial charge on any atom is 0.449 e. The molecule has 2 aromatic carbocycles. The number of imidazole rings is 1. The SMILES string of the molecule is Cc1c(Cl)cccc1S(=O)(=O)Nc1ccc2[nH]c(C(F)(F)F)nc2c1. The molecule has 3 aromatic rings. The molecule has 0 atom stereocenters. The minimum Gasteiger partial charge on any atom is -0.334 e. The molecule has 0 amide bonds. The van der Waals surface area contributed by atoms with Crippen molar-refractivity contribution in [1.29, 1.82) is 0 Å². The van der Waals surface area contributed by atoms with Gasteiger partial charge in [-0.25, -0.2) is 13.4 Å². The quantitative estimate of drug-likeness (QED) is 0.699. The molecule has 132 valence electrons. The fourth-order valence-electron chi connectivity index (χ4n) is 2.29. The van der Waals surface area contributed by atoms with E-state index in [1.807, 2.05) is 0 Å². The number of nitrogens with zero attached hydrogens (tertiary/aromatic N) is 1. The summed E-state index contributed by atoms with van der Waals surface area (Å²) in [7, 11) is -3.95. The molecule has 25 heavy (non-hydrogen) atoms. The van der Waals surface area contributed by atoms with Gasteiger partial charge in [0.25, 0.3) is 10.0 Å². The van der Waals surface area contributed by atoms with Crippen molar-refractivity contribution in [3.63, 3.8) is 0 Å². The van der Waals surface area contributed by atoms with Gasteiger partial charge in [0.05, 0.1) is 21.6 Å². The molecule has 0 aliphatic rings. The van der Waals surface area contributed by atoms with Gasteiger partial charge in [0.1, 0.15) is 0 Å². The molecule has 1 heterocycles. The number of H-pyrrole nitrogens is 1. The highest BCUT2D eigenvalue weighted by Crippen LogP contribution is 2.30. The van der Waals surface area contributed by atoms with Crippen LogP contribution in [0.2, 0.25) is 5.02 Å². The Morgan fingerprint density at radius 2 is 1.92 bits per heavy atom. The van der Waals surface area contributed by atoms with Crippen molar-refractivity contribution in [3.05, 3.63) is 52.8 Å². The molecule has 0 unspecified atom stereocenters. The number of fused-ring (bicyclic) bond motifs is 1. The first-order valence-electron chi connectivity index (χ1n) is 6.93. The summed E-state index contributed by atoms with van der Waals surface area (Å²) in [6, 6.07) is 8.33. The zero-order chi connectivity index (χ0) is 18.4. The van der Waals surface area contributed by atoms with Crippen LogP contribution in [0.25, 0.3) is 11.0 Å². The van der Waals surface area contributed by atoms with Crippen molar-refractivity contribution in [1.82, 2.24) is 9.97 Å². The number of aromatic nitrogens is 2. The van der Waals surface area contributed by atoms with Crippen molar-refractivity contribution in [3.8, 4) is 0 Å². The van der Waals surface area contributed by atoms with Gasteiger partial charge in [-0.05, 0) is 42.8 Å². The topological polar surface area (TPSA) is 74.8 Å². The summed E-state index contributed by atoms with van der Waals surface area (Å²) < 4.78 is 65.4. The predicted octanol–water partition coefficient (Wildman–Crippen LogP) is 4.34. The second-order valence-corrected chi connectivity index (χ2v) is 7.34. The van der Waals surface area contributed by atoms with Crippen LogP contribution in [0.3, 0.4) is 0 Å². The maximum atomic E-state index is 12.7. The summed E-state index contributed by atoms with van der Waals surface area (Å²) in [5.41, 5.74) is 0.605. The molecule has 0 aliphatic heterocycles. The van der Waals surface area contributed by atoms with Crippen molar-refractivity contribution in [2.75, 3.05) is 4.72 Å². The van der Waals surface area contributed by atoms with Crippen LogP contribution >= 0.6 is 11.6 Å². The highest BCUT2D eigenvalue weighted by atomic mass is 35.5. The van der Waals surface area contributed by atoms with E-state index in [0.29, 0.717) is 10.6 Å².